The number of ketones is 1. The van der Waals surface area contributed by atoms with Gasteiger partial charge in [0.1, 0.15) is 0 Å². The molecule has 108 valence electrons. The fraction of sp³-hybridized carbons (Fsp3) is 0.438. The van der Waals surface area contributed by atoms with Gasteiger partial charge in [0.25, 0.3) is 0 Å². The molecule has 1 aliphatic rings. The number of methoxy groups -OCH3 is 1. The molecule has 0 spiro atoms. The number of allylic oxidation sites excluding steroid dienone is 1. The van der Waals surface area contributed by atoms with Crippen molar-refractivity contribution in [1.82, 2.24) is 0 Å². The predicted molar refractivity (Wildman–Crippen MR) is 77.2 cm³/mol. The van der Waals surface area contributed by atoms with Gasteiger partial charge in [0, 0.05) is 6.42 Å². The zero-order valence-electron chi connectivity index (χ0n) is 12.1. The first kappa shape index (κ1) is 14.4. The average molecular weight is 276 g/mol. The Labute approximate surface area is 119 Å². The summed E-state index contributed by atoms with van der Waals surface area (Å²) >= 11 is 0. The summed E-state index contributed by atoms with van der Waals surface area (Å²) in [6.45, 7) is 4.42. The lowest BCUT2D eigenvalue weighted by molar-refractivity contribution is -0.114. The van der Waals surface area contributed by atoms with Crippen LogP contribution in [0.1, 0.15) is 32.3 Å². The average Bonchev–Trinajstić information content (AvgIpc) is 2.90. The lowest BCUT2D eigenvalue weighted by Crippen LogP contribution is -1.96. The van der Waals surface area contributed by atoms with Crippen molar-refractivity contribution in [3.05, 3.63) is 23.8 Å². The third-order valence-electron chi connectivity index (χ3n) is 3.11. The molecule has 0 atom stereocenters. The Bertz CT molecular complexity index is 517. The molecule has 0 radical (unpaired) electrons. The summed E-state index contributed by atoms with van der Waals surface area (Å²) < 4.78 is 15.9. The van der Waals surface area contributed by atoms with Crippen molar-refractivity contribution in [2.24, 2.45) is 5.92 Å². The van der Waals surface area contributed by atoms with Crippen LogP contribution in [0.5, 0.6) is 17.2 Å². The SMILES string of the molecule is COc1cc(/C=C/C(=O)CCC(C)C)cc2c1OCO2. The molecule has 1 aliphatic heterocycles. The topological polar surface area (TPSA) is 44.8 Å². The molecule has 0 unspecified atom stereocenters. The van der Waals surface area contributed by atoms with Crippen molar-refractivity contribution in [3.8, 4) is 17.2 Å². The van der Waals surface area contributed by atoms with Crippen LogP contribution in [0.2, 0.25) is 0 Å². The number of carbonyl (C=O) groups is 1. The summed E-state index contributed by atoms with van der Waals surface area (Å²) in [5, 5.41) is 0. The number of ether oxygens (including phenoxy) is 3. The van der Waals surface area contributed by atoms with Gasteiger partial charge in [-0.2, -0.15) is 0 Å². The summed E-state index contributed by atoms with van der Waals surface area (Å²) in [7, 11) is 1.58. The van der Waals surface area contributed by atoms with Crippen LogP contribution in [0.15, 0.2) is 18.2 Å². The maximum Gasteiger partial charge on any atom is 0.231 e. The van der Waals surface area contributed by atoms with Crippen molar-refractivity contribution in [3.63, 3.8) is 0 Å². The van der Waals surface area contributed by atoms with Gasteiger partial charge in [-0.25, -0.2) is 0 Å². The van der Waals surface area contributed by atoms with E-state index in [1.54, 1.807) is 19.3 Å². The summed E-state index contributed by atoms with van der Waals surface area (Å²) in [5.41, 5.74) is 0.865. The van der Waals surface area contributed by atoms with Gasteiger partial charge in [0.2, 0.25) is 12.5 Å². The Morgan fingerprint density at radius 3 is 2.90 bits per heavy atom. The number of fused-ring (bicyclic) bond motifs is 1. The van der Waals surface area contributed by atoms with Crippen LogP contribution < -0.4 is 14.2 Å². The molecule has 4 heteroatoms. The molecule has 20 heavy (non-hydrogen) atoms. The Morgan fingerprint density at radius 1 is 1.40 bits per heavy atom. The Hall–Kier alpha value is -1.97. The number of hydrogen-bond donors (Lipinski definition) is 0. The minimum atomic E-state index is 0.135. The largest absolute Gasteiger partial charge is 0.493 e. The van der Waals surface area contributed by atoms with Gasteiger partial charge in [-0.3, -0.25) is 4.79 Å². The van der Waals surface area contributed by atoms with Gasteiger partial charge in [-0.1, -0.05) is 19.9 Å². The molecule has 0 bridgehead atoms. The standard InChI is InChI=1S/C16H20O4/c1-11(2)4-6-13(17)7-5-12-8-14(18-3)16-15(9-12)19-10-20-16/h5,7-9,11H,4,6,10H2,1-3H3/b7-5+. The highest BCUT2D eigenvalue weighted by Crippen LogP contribution is 2.42. The first-order valence-corrected chi connectivity index (χ1v) is 6.78. The van der Waals surface area contributed by atoms with E-state index in [-0.39, 0.29) is 12.6 Å². The highest BCUT2D eigenvalue weighted by Gasteiger charge is 2.19. The number of benzene rings is 1. The van der Waals surface area contributed by atoms with Crippen LogP contribution in [-0.4, -0.2) is 19.7 Å². The second-order valence-electron chi connectivity index (χ2n) is 5.19. The van der Waals surface area contributed by atoms with Gasteiger partial charge < -0.3 is 14.2 Å². The quantitative estimate of drug-likeness (QED) is 0.747. The highest BCUT2D eigenvalue weighted by molar-refractivity contribution is 5.93. The lowest BCUT2D eigenvalue weighted by Gasteiger charge is -2.05. The summed E-state index contributed by atoms with van der Waals surface area (Å²) in [5.74, 6) is 2.57. The van der Waals surface area contributed by atoms with E-state index in [1.165, 1.54) is 0 Å². The van der Waals surface area contributed by atoms with Gasteiger partial charge in [0.05, 0.1) is 7.11 Å². The van der Waals surface area contributed by atoms with Gasteiger partial charge in [-0.15, -0.1) is 0 Å². The van der Waals surface area contributed by atoms with Crippen LogP contribution in [-0.2, 0) is 4.79 Å². The monoisotopic (exact) mass is 276 g/mol. The zero-order chi connectivity index (χ0) is 14.5. The fourth-order valence-electron chi connectivity index (χ4n) is 1.95. The van der Waals surface area contributed by atoms with Crippen molar-refractivity contribution < 1.29 is 19.0 Å². The number of carbonyl (C=O) groups excluding carboxylic acids is 1. The molecule has 0 saturated heterocycles. The Morgan fingerprint density at radius 2 is 2.20 bits per heavy atom. The molecule has 0 aromatic heterocycles. The van der Waals surface area contributed by atoms with E-state index in [9.17, 15) is 4.79 Å². The highest BCUT2D eigenvalue weighted by atomic mass is 16.7. The fourth-order valence-corrected chi connectivity index (χ4v) is 1.95. The second-order valence-corrected chi connectivity index (χ2v) is 5.19. The van der Waals surface area contributed by atoms with E-state index in [4.69, 9.17) is 14.2 Å². The smallest absolute Gasteiger partial charge is 0.231 e. The van der Waals surface area contributed by atoms with Crippen LogP contribution >= 0.6 is 0 Å². The molecule has 1 aromatic carbocycles. The molecule has 1 heterocycles. The second kappa shape index (κ2) is 6.46. The van der Waals surface area contributed by atoms with Crippen LogP contribution in [0.25, 0.3) is 6.08 Å². The molecule has 0 aliphatic carbocycles. The maximum atomic E-state index is 11.7. The molecule has 0 saturated carbocycles. The summed E-state index contributed by atoms with van der Waals surface area (Å²) in [6, 6.07) is 3.68. The summed E-state index contributed by atoms with van der Waals surface area (Å²) in [4.78, 5) is 11.7. The van der Waals surface area contributed by atoms with Crippen LogP contribution in [0.4, 0.5) is 0 Å². The molecule has 4 nitrogen and oxygen atoms in total. The van der Waals surface area contributed by atoms with Gasteiger partial charge in [-0.05, 0) is 36.1 Å². The molecular weight excluding hydrogens is 256 g/mol. The van der Waals surface area contributed by atoms with Crippen molar-refractivity contribution in [1.29, 1.82) is 0 Å². The van der Waals surface area contributed by atoms with Gasteiger partial charge >= 0.3 is 0 Å². The number of rotatable bonds is 6. The van der Waals surface area contributed by atoms with E-state index >= 15 is 0 Å². The molecule has 0 N–H and O–H groups in total. The molecule has 2 rings (SSSR count). The van der Waals surface area contributed by atoms with E-state index in [0.29, 0.717) is 29.6 Å². The predicted octanol–water partition coefficient (Wildman–Crippen LogP) is 3.44. The molecule has 0 fully saturated rings. The van der Waals surface area contributed by atoms with E-state index in [2.05, 4.69) is 13.8 Å². The first-order chi connectivity index (χ1) is 9.60. The number of hydrogen-bond acceptors (Lipinski definition) is 4. The van der Waals surface area contributed by atoms with Crippen molar-refractivity contribution >= 4 is 11.9 Å². The summed E-state index contributed by atoms with van der Waals surface area (Å²) in [6.07, 6.45) is 4.88. The van der Waals surface area contributed by atoms with E-state index in [1.807, 2.05) is 12.1 Å². The third kappa shape index (κ3) is 3.53. The normalized spacial score (nSPS) is 13.2. The maximum absolute atomic E-state index is 11.7. The van der Waals surface area contributed by atoms with Crippen LogP contribution in [0.3, 0.4) is 0 Å². The first-order valence-electron chi connectivity index (χ1n) is 6.78. The van der Waals surface area contributed by atoms with E-state index < -0.39 is 0 Å². The molecule has 1 aromatic rings. The molecule has 0 amide bonds. The lowest BCUT2D eigenvalue weighted by atomic mass is 10.0. The molecular formula is C16H20O4. The van der Waals surface area contributed by atoms with Crippen LogP contribution in [0, 0.1) is 5.92 Å². The van der Waals surface area contributed by atoms with E-state index in [0.717, 1.165) is 12.0 Å². The zero-order valence-corrected chi connectivity index (χ0v) is 12.1. The third-order valence-corrected chi connectivity index (χ3v) is 3.11. The van der Waals surface area contributed by atoms with Gasteiger partial charge in [0.15, 0.2) is 17.3 Å². The Kier molecular flexibility index (Phi) is 4.66. The van der Waals surface area contributed by atoms with Crippen molar-refractivity contribution in [2.75, 3.05) is 13.9 Å². The minimum absolute atomic E-state index is 0.135. The van der Waals surface area contributed by atoms with Crippen molar-refractivity contribution in [2.45, 2.75) is 26.7 Å². The Balaban J connectivity index is 2.08. The minimum Gasteiger partial charge on any atom is -0.493 e.